The highest BCUT2D eigenvalue weighted by Crippen LogP contribution is 2.13. The highest BCUT2D eigenvalue weighted by atomic mass is 16.6. The van der Waals surface area contributed by atoms with Crippen molar-refractivity contribution in [2.75, 3.05) is 85.9 Å². The van der Waals surface area contributed by atoms with E-state index in [0.717, 1.165) is 25.1 Å². The van der Waals surface area contributed by atoms with Crippen molar-refractivity contribution in [3.63, 3.8) is 0 Å². The largest absolute Gasteiger partial charge is 0.491 e. The smallest absolute Gasteiger partial charge is 0.150 e. The Balaban J connectivity index is 1.64. The van der Waals surface area contributed by atoms with Gasteiger partial charge in [-0.15, -0.1) is 0 Å². The molecule has 0 atom stereocenters. The third-order valence-electron chi connectivity index (χ3n) is 7.01. The summed E-state index contributed by atoms with van der Waals surface area (Å²) < 4.78 is 38.7. The summed E-state index contributed by atoms with van der Waals surface area (Å²) in [6.45, 7) is 9.56. The number of aldehydes is 1. The van der Waals surface area contributed by atoms with Crippen molar-refractivity contribution in [1.29, 1.82) is 0 Å². The van der Waals surface area contributed by atoms with Gasteiger partial charge >= 0.3 is 0 Å². The summed E-state index contributed by atoms with van der Waals surface area (Å²) in [5.74, 6) is 0.717. The van der Waals surface area contributed by atoms with Gasteiger partial charge in [0.15, 0.2) is 0 Å². The lowest BCUT2D eigenvalue weighted by Gasteiger charge is -2.09. The molecular formula is C35H62O8. The van der Waals surface area contributed by atoms with Crippen LogP contribution in [0.3, 0.4) is 0 Å². The lowest BCUT2D eigenvalue weighted by Crippen LogP contribution is -2.14. The number of carbonyl (C=O) groups excluding carboxylic acids is 1. The summed E-state index contributed by atoms with van der Waals surface area (Å²) in [6, 6.07) is 6.98. The van der Waals surface area contributed by atoms with E-state index in [4.69, 9.17) is 33.2 Å². The normalized spacial score (nSPS) is 11.3. The second-order valence-electron chi connectivity index (χ2n) is 10.8. The molecule has 0 N–H and O–H groups in total. The molecule has 8 heteroatoms. The van der Waals surface area contributed by atoms with Crippen molar-refractivity contribution in [2.45, 2.75) is 96.8 Å². The summed E-state index contributed by atoms with van der Waals surface area (Å²) in [5, 5.41) is 0. The SMILES string of the molecule is CCCCCCCCCCCCCCCCOCCOCCOCCOCCOCCOCCOc1ccc(C=O)cc1. The average molecular weight is 611 g/mol. The van der Waals surface area contributed by atoms with E-state index in [0.29, 0.717) is 84.8 Å². The summed E-state index contributed by atoms with van der Waals surface area (Å²) in [6.07, 6.45) is 20.1. The number of unbranched alkanes of at least 4 members (excludes halogenated alkanes) is 13. The minimum absolute atomic E-state index is 0.446. The molecule has 0 saturated heterocycles. The van der Waals surface area contributed by atoms with Gasteiger partial charge in [-0.25, -0.2) is 0 Å². The van der Waals surface area contributed by atoms with Gasteiger partial charge in [-0.05, 0) is 30.7 Å². The monoisotopic (exact) mass is 610 g/mol. The molecule has 0 saturated carbocycles. The predicted octanol–water partition coefficient (Wildman–Crippen LogP) is 7.46. The molecule has 43 heavy (non-hydrogen) atoms. The van der Waals surface area contributed by atoms with Gasteiger partial charge in [0.05, 0.1) is 72.7 Å². The fourth-order valence-corrected chi connectivity index (χ4v) is 4.46. The molecule has 0 heterocycles. The zero-order chi connectivity index (χ0) is 30.7. The Hall–Kier alpha value is -1.55. The minimum Gasteiger partial charge on any atom is -0.491 e. The Morgan fingerprint density at radius 1 is 0.419 bits per heavy atom. The molecule has 0 unspecified atom stereocenters. The minimum atomic E-state index is 0.446. The lowest BCUT2D eigenvalue weighted by molar-refractivity contribution is -0.0179. The highest BCUT2D eigenvalue weighted by Gasteiger charge is 1.98. The first kappa shape index (κ1) is 39.5. The van der Waals surface area contributed by atoms with E-state index in [1.165, 1.54) is 83.5 Å². The van der Waals surface area contributed by atoms with E-state index in [2.05, 4.69) is 6.92 Å². The van der Waals surface area contributed by atoms with Crippen LogP contribution in [0.4, 0.5) is 0 Å². The molecule has 0 bridgehead atoms. The van der Waals surface area contributed by atoms with Crippen molar-refractivity contribution < 1.29 is 38.0 Å². The van der Waals surface area contributed by atoms with E-state index in [1.807, 2.05) is 0 Å². The van der Waals surface area contributed by atoms with E-state index < -0.39 is 0 Å². The van der Waals surface area contributed by atoms with Crippen LogP contribution in [0.2, 0.25) is 0 Å². The number of hydrogen-bond donors (Lipinski definition) is 0. The Kier molecular flexibility index (Phi) is 30.6. The highest BCUT2D eigenvalue weighted by molar-refractivity contribution is 5.74. The molecule has 1 aromatic rings. The van der Waals surface area contributed by atoms with E-state index in [-0.39, 0.29) is 0 Å². The molecule has 250 valence electrons. The van der Waals surface area contributed by atoms with Crippen LogP contribution in [0.1, 0.15) is 107 Å². The van der Waals surface area contributed by atoms with E-state index in [1.54, 1.807) is 24.3 Å². The maximum absolute atomic E-state index is 10.6. The Morgan fingerprint density at radius 2 is 0.744 bits per heavy atom. The van der Waals surface area contributed by atoms with Crippen LogP contribution >= 0.6 is 0 Å². The number of benzene rings is 1. The van der Waals surface area contributed by atoms with Crippen LogP contribution in [-0.4, -0.2) is 92.2 Å². The van der Waals surface area contributed by atoms with E-state index >= 15 is 0 Å². The van der Waals surface area contributed by atoms with Gasteiger partial charge in [0, 0.05) is 12.2 Å². The predicted molar refractivity (Wildman–Crippen MR) is 173 cm³/mol. The first-order valence-electron chi connectivity index (χ1n) is 17.0. The summed E-state index contributed by atoms with van der Waals surface area (Å²) >= 11 is 0. The molecular weight excluding hydrogens is 548 g/mol. The van der Waals surface area contributed by atoms with Crippen LogP contribution < -0.4 is 4.74 Å². The van der Waals surface area contributed by atoms with Crippen molar-refractivity contribution in [1.82, 2.24) is 0 Å². The topological polar surface area (TPSA) is 81.7 Å². The molecule has 8 nitrogen and oxygen atoms in total. The van der Waals surface area contributed by atoms with Crippen molar-refractivity contribution >= 4 is 6.29 Å². The summed E-state index contributed by atoms with van der Waals surface area (Å²) in [4.78, 5) is 10.6. The molecule has 0 aliphatic rings. The molecule has 1 rings (SSSR count). The summed E-state index contributed by atoms with van der Waals surface area (Å²) in [7, 11) is 0. The molecule has 0 fully saturated rings. The van der Waals surface area contributed by atoms with Crippen molar-refractivity contribution in [2.24, 2.45) is 0 Å². The molecule has 0 spiro atoms. The van der Waals surface area contributed by atoms with Gasteiger partial charge in [0.2, 0.25) is 0 Å². The average Bonchev–Trinajstić information content (AvgIpc) is 3.03. The summed E-state index contributed by atoms with van der Waals surface area (Å²) in [5.41, 5.74) is 0.629. The second kappa shape index (κ2) is 33.3. The fraction of sp³-hybridized carbons (Fsp3) is 0.800. The van der Waals surface area contributed by atoms with Crippen LogP contribution in [0, 0.1) is 0 Å². The number of carbonyl (C=O) groups is 1. The van der Waals surface area contributed by atoms with Crippen LogP contribution in [0.5, 0.6) is 5.75 Å². The molecule has 0 radical (unpaired) electrons. The van der Waals surface area contributed by atoms with Crippen molar-refractivity contribution in [3.8, 4) is 5.75 Å². The van der Waals surface area contributed by atoms with Crippen LogP contribution in [0.25, 0.3) is 0 Å². The quantitative estimate of drug-likeness (QED) is 0.0579. The number of ether oxygens (including phenoxy) is 7. The first-order chi connectivity index (χ1) is 21.4. The van der Waals surface area contributed by atoms with Gasteiger partial charge in [-0.2, -0.15) is 0 Å². The van der Waals surface area contributed by atoms with Crippen LogP contribution in [0.15, 0.2) is 24.3 Å². The van der Waals surface area contributed by atoms with Gasteiger partial charge in [-0.3, -0.25) is 4.79 Å². The van der Waals surface area contributed by atoms with E-state index in [9.17, 15) is 4.79 Å². The fourth-order valence-electron chi connectivity index (χ4n) is 4.46. The molecule has 1 aromatic carbocycles. The van der Waals surface area contributed by atoms with Crippen LogP contribution in [-0.2, 0) is 28.4 Å². The van der Waals surface area contributed by atoms with Gasteiger partial charge < -0.3 is 33.2 Å². The van der Waals surface area contributed by atoms with Crippen molar-refractivity contribution in [3.05, 3.63) is 29.8 Å². The Labute approximate surface area is 262 Å². The lowest BCUT2D eigenvalue weighted by atomic mass is 10.0. The third-order valence-corrected chi connectivity index (χ3v) is 7.01. The Bertz CT molecular complexity index is 685. The molecule has 0 aliphatic heterocycles. The number of hydrogen-bond acceptors (Lipinski definition) is 8. The Morgan fingerprint density at radius 3 is 1.12 bits per heavy atom. The molecule has 0 aliphatic carbocycles. The zero-order valence-electron chi connectivity index (χ0n) is 27.2. The zero-order valence-corrected chi connectivity index (χ0v) is 27.2. The number of rotatable bonds is 35. The standard InChI is InChI=1S/C35H62O8/c1-2-3-4-5-6-7-8-9-10-11-12-13-14-15-20-37-21-22-38-23-24-39-25-26-40-27-28-41-29-30-42-31-32-43-35-18-16-34(33-36)17-19-35/h16-19,33H,2-15,20-32H2,1H3. The maximum atomic E-state index is 10.6. The molecule has 0 aromatic heterocycles. The second-order valence-corrected chi connectivity index (χ2v) is 10.8. The van der Waals surface area contributed by atoms with Gasteiger partial charge in [-0.1, -0.05) is 90.4 Å². The van der Waals surface area contributed by atoms with Gasteiger partial charge in [0.25, 0.3) is 0 Å². The molecule has 0 amide bonds. The maximum Gasteiger partial charge on any atom is 0.150 e. The third kappa shape index (κ3) is 28.9. The van der Waals surface area contributed by atoms with Gasteiger partial charge in [0.1, 0.15) is 18.6 Å². The first-order valence-corrected chi connectivity index (χ1v) is 17.0.